The van der Waals surface area contributed by atoms with Gasteiger partial charge in [-0.05, 0) is 35.0 Å². The van der Waals surface area contributed by atoms with Crippen LogP contribution in [0, 0.1) is 5.92 Å². The molecule has 0 spiro atoms. The first-order valence-corrected chi connectivity index (χ1v) is 6.14. The van der Waals surface area contributed by atoms with Crippen LogP contribution in [0.25, 0.3) is 0 Å². The number of hydrogen-bond donors (Lipinski definition) is 0. The first-order chi connectivity index (χ1) is 6.32. The van der Waals surface area contributed by atoms with Gasteiger partial charge in [0.05, 0.1) is 9.16 Å². The van der Waals surface area contributed by atoms with Gasteiger partial charge in [0.25, 0.3) is 0 Å². The summed E-state index contributed by atoms with van der Waals surface area (Å²) < 4.78 is 26.8. The van der Waals surface area contributed by atoms with Gasteiger partial charge in [-0.2, -0.15) is 0 Å². The average Bonchev–Trinajstić information content (AvgIpc) is 2.47. The maximum atomic E-state index is 13.0. The van der Waals surface area contributed by atoms with Gasteiger partial charge in [-0.25, -0.2) is 8.78 Å². The van der Waals surface area contributed by atoms with Crippen molar-refractivity contribution >= 4 is 38.9 Å². The van der Waals surface area contributed by atoms with E-state index in [4.69, 9.17) is 11.6 Å². The molecule has 0 N–H and O–H groups in total. The molecule has 0 nitrogen and oxygen atoms in total. The molecule has 5 heteroatoms. The second-order valence-electron chi connectivity index (χ2n) is 3.29. The Labute approximate surface area is 99.4 Å². The summed E-state index contributed by atoms with van der Waals surface area (Å²) in [5, 5.41) is -0.633. The van der Waals surface area contributed by atoms with E-state index in [-0.39, 0.29) is 0 Å². The molecule has 1 rings (SSSR count). The zero-order chi connectivity index (χ0) is 10.9. The highest BCUT2D eigenvalue weighted by Crippen LogP contribution is 2.41. The molecule has 0 aliphatic heterocycles. The Morgan fingerprint density at radius 3 is 2.43 bits per heavy atom. The van der Waals surface area contributed by atoms with Crippen LogP contribution < -0.4 is 0 Å². The fourth-order valence-corrected chi connectivity index (χ4v) is 2.91. The molecule has 14 heavy (non-hydrogen) atoms. The van der Waals surface area contributed by atoms with E-state index in [2.05, 4.69) is 15.9 Å². The molecule has 0 radical (unpaired) electrons. The first kappa shape index (κ1) is 12.4. The first-order valence-electron chi connectivity index (χ1n) is 4.09. The molecule has 2 atom stereocenters. The molecule has 0 aromatic carbocycles. The molecule has 0 amide bonds. The zero-order valence-corrected chi connectivity index (χ0v) is 10.9. The number of alkyl halides is 3. The summed E-state index contributed by atoms with van der Waals surface area (Å²) in [6, 6.07) is 3.59. The molecule has 0 aliphatic carbocycles. The van der Waals surface area contributed by atoms with E-state index in [1.165, 1.54) is 18.3 Å². The minimum absolute atomic E-state index is 0.633. The Bertz CT molecular complexity index is 308. The van der Waals surface area contributed by atoms with Gasteiger partial charge in [0.15, 0.2) is 0 Å². The molecule has 1 aromatic heterocycles. The lowest BCUT2D eigenvalue weighted by Crippen LogP contribution is -2.24. The summed E-state index contributed by atoms with van der Waals surface area (Å²) in [6.45, 7) is 2.36. The summed E-state index contributed by atoms with van der Waals surface area (Å²) >= 11 is 10.6. The quantitative estimate of drug-likeness (QED) is 0.683. The SMILES string of the molecule is CC(C(Cl)c1ccc(Br)s1)C(C)(F)F. The summed E-state index contributed by atoms with van der Waals surface area (Å²) in [7, 11) is 0. The largest absolute Gasteiger partial charge is 0.249 e. The Morgan fingerprint density at radius 2 is 2.07 bits per heavy atom. The van der Waals surface area contributed by atoms with E-state index in [1.54, 1.807) is 6.07 Å². The van der Waals surface area contributed by atoms with Crippen molar-refractivity contribution in [2.45, 2.75) is 25.1 Å². The third-order valence-corrected chi connectivity index (χ3v) is 4.55. The van der Waals surface area contributed by atoms with Crippen molar-refractivity contribution in [1.29, 1.82) is 0 Å². The number of rotatable bonds is 3. The van der Waals surface area contributed by atoms with E-state index < -0.39 is 17.2 Å². The molecule has 0 saturated carbocycles. The van der Waals surface area contributed by atoms with Crippen LogP contribution in [0.1, 0.15) is 24.1 Å². The number of thiophene rings is 1. The highest BCUT2D eigenvalue weighted by Gasteiger charge is 2.36. The zero-order valence-electron chi connectivity index (χ0n) is 7.73. The third kappa shape index (κ3) is 2.91. The second kappa shape index (κ2) is 4.45. The van der Waals surface area contributed by atoms with E-state index in [9.17, 15) is 8.78 Å². The van der Waals surface area contributed by atoms with Crippen LogP contribution in [0.2, 0.25) is 0 Å². The Hall–Kier alpha value is 0.330. The van der Waals surface area contributed by atoms with Crippen LogP contribution in [0.5, 0.6) is 0 Å². The lowest BCUT2D eigenvalue weighted by Gasteiger charge is -2.23. The van der Waals surface area contributed by atoms with E-state index >= 15 is 0 Å². The Balaban J connectivity index is 2.80. The van der Waals surface area contributed by atoms with Gasteiger partial charge in [0.1, 0.15) is 0 Å². The Morgan fingerprint density at radius 1 is 1.50 bits per heavy atom. The summed E-state index contributed by atoms with van der Waals surface area (Å²) in [6.07, 6.45) is 0. The van der Waals surface area contributed by atoms with E-state index in [1.807, 2.05) is 6.07 Å². The van der Waals surface area contributed by atoms with Crippen molar-refractivity contribution in [2.24, 2.45) is 5.92 Å². The van der Waals surface area contributed by atoms with E-state index in [0.29, 0.717) is 0 Å². The maximum Gasteiger partial charge on any atom is 0.249 e. The van der Waals surface area contributed by atoms with Gasteiger partial charge in [-0.15, -0.1) is 22.9 Å². The second-order valence-corrected chi connectivity index (χ2v) is 6.25. The predicted molar refractivity (Wildman–Crippen MR) is 60.4 cm³/mol. The number of hydrogen-bond acceptors (Lipinski definition) is 1. The average molecular weight is 304 g/mol. The fraction of sp³-hybridized carbons (Fsp3) is 0.556. The van der Waals surface area contributed by atoms with Crippen molar-refractivity contribution in [3.8, 4) is 0 Å². The molecular weight excluding hydrogens is 294 g/mol. The van der Waals surface area contributed by atoms with Crippen molar-refractivity contribution in [3.63, 3.8) is 0 Å². The minimum Gasteiger partial charge on any atom is -0.207 e. The van der Waals surface area contributed by atoms with E-state index in [0.717, 1.165) is 15.6 Å². The third-order valence-electron chi connectivity index (χ3n) is 2.10. The van der Waals surface area contributed by atoms with Crippen LogP contribution in [0.4, 0.5) is 8.78 Å². The predicted octanol–water partition coefficient (Wildman–Crippen LogP) is 5.08. The topological polar surface area (TPSA) is 0 Å². The van der Waals surface area contributed by atoms with Crippen molar-refractivity contribution < 1.29 is 8.78 Å². The van der Waals surface area contributed by atoms with Crippen molar-refractivity contribution in [3.05, 3.63) is 20.8 Å². The lowest BCUT2D eigenvalue weighted by atomic mass is 10.00. The van der Waals surface area contributed by atoms with Gasteiger partial charge in [0, 0.05) is 10.8 Å². The highest BCUT2D eigenvalue weighted by molar-refractivity contribution is 9.11. The van der Waals surface area contributed by atoms with Crippen LogP contribution in [0.15, 0.2) is 15.9 Å². The van der Waals surface area contributed by atoms with Gasteiger partial charge >= 0.3 is 0 Å². The van der Waals surface area contributed by atoms with Gasteiger partial charge in [-0.1, -0.05) is 6.92 Å². The molecular formula is C9H10BrClF2S. The molecule has 2 unspecified atom stereocenters. The molecule has 1 aromatic rings. The summed E-state index contributed by atoms with van der Waals surface area (Å²) in [5.74, 6) is -3.61. The molecule has 1 heterocycles. The normalized spacial score (nSPS) is 16.7. The monoisotopic (exact) mass is 302 g/mol. The maximum absolute atomic E-state index is 13.0. The van der Waals surface area contributed by atoms with Gasteiger partial charge < -0.3 is 0 Å². The number of halogens is 4. The standard InChI is InChI=1S/C9H10BrClF2S/c1-5(9(2,12)13)8(11)6-3-4-7(10)14-6/h3-5,8H,1-2H3. The highest BCUT2D eigenvalue weighted by atomic mass is 79.9. The van der Waals surface area contributed by atoms with Gasteiger partial charge in [-0.3, -0.25) is 0 Å². The fourth-order valence-electron chi connectivity index (χ4n) is 0.980. The summed E-state index contributed by atoms with van der Waals surface area (Å²) in [4.78, 5) is 0.771. The molecule has 80 valence electrons. The lowest BCUT2D eigenvalue weighted by molar-refractivity contribution is -0.0336. The van der Waals surface area contributed by atoms with Crippen molar-refractivity contribution in [2.75, 3.05) is 0 Å². The van der Waals surface area contributed by atoms with Crippen LogP contribution in [-0.2, 0) is 0 Å². The minimum atomic E-state index is -2.75. The van der Waals surface area contributed by atoms with Crippen molar-refractivity contribution in [1.82, 2.24) is 0 Å². The summed E-state index contributed by atoms with van der Waals surface area (Å²) in [5.41, 5.74) is 0. The smallest absolute Gasteiger partial charge is 0.207 e. The van der Waals surface area contributed by atoms with Crippen LogP contribution in [0.3, 0.4) is 0 Å². The van der Waals surface area contributed by atoms with Gasteiger partial charge in [0.2, 0.25) is 5.92 Å². The molecule has 0 bridgehead atoms. The van der Waals surface area contributed by atoms with Crippen LogP contribution in [-0.4, -0.2) is 5.92 Å². The Kier molecular flexibility index (Phi) is 3.95. The molecule has 0 saturated heterocycles. The molecule has 0 fully saturated rings. The molecule has 0 aliphatic rings. The van der Waals surface area contributed by atoms with Crippen LogP contribution >= 0.6 is 38.9 Å².